The minimum absolute atomic E-state index is 0.175. The zero-order chi connectivity index (χ0) is 19.9. The van der Waals surface area contributed by atoms with Crippen LogP contribution in [-0.2, 0) is 4.74 Å². The van der Waals surface area contributed by atoms with Gasteiger partial charge in [-0.1, -0.05) is 18.2 Å². The van der Waals surface area contributed by atoms with Gasteiger partial charge in [0.25, 0.3) is 5.91 Å². The van der Waals surface area contributed by atoms with Crippen LogP contribution in [0.25, 0.3) is 0 Å². The molecule has 2 aliphatic heterocycles. The predicted octanol–water partition coefficient (Wildman–Crippen LogP) is 0.865. The summed E-state index contributed by atoms with van der Waals surface area (Å²) in [4.78, 5) is 28.0. The Labute approximate surface area is 171 Å². The van der Waals surface area contributed by atoms with Crippen molar-refractivity contribution in [2.45, 2.75) is 0 Å². The lowest BCUT2D eigenvalue weighted by molar-refractivity contribution is 0.0383. The number of benzene rings is 1. The van der Waals surface area contributed by atoms with Gasteiger partial charge in [-0.2, -0.15) is 0 Å². The molecule has 2 aliphatic rings. The van der Waals surface area contributed by atoms with Gasteiger partial charge >= 0.3 is 0 Å². The number of para-hydroxylation sites is 1. The van der Waals surface area contributed by atoms with E-state index in [1.165, 1.54) is 5.69 Å². The number of amides is 1. The van der Waals surface area contributed by atoms with Crippen molar-refractivity contribution in [2.24, 2.45) is 0 Å². The summed E-state index contributed by atoms with van der Waals surface area (Å²) in [6.45, 7) is 8.44. The first-order valence-corrected chi connectivity index (χ1v) is 10.2. The van der Waals surface area contributed by atoms with Crippen molar-refractivity contribution in [1.82, 2.24) is 20.2 Å². The van der Waals surface area contributed by atoms with Crippen LogP contribution in [0, 0.1) is 0 Å². The second-order valence-electron chi connectivity index (χ2n) is 7.28. The number of nitrogens with zero attached hydrogens (tertiary/aromatic N) is 5. The second kappa shape index (κ2) is 9.67. The Morgan fingerprint density at radius 3 is 2.34 bits per heavy atom. The molecule has 1 aromatic heterocycles. The smallest absolute Gasteiger partial charge is 0.271 e. The van der Waals surface area contributed by atoms with Gasteiger partial charge in [0.2, 0.25) is 0 Å². The molecule has 2 aromatic rings. The Bertz CT molecular complexity index is 772. The maximum Gasteiger partial charge on any atom is 0.271 e. The van der Waals surface area contributed by atoms with E-state index in [-0.39, 0.29) is 5.91 Å². The first-order valence-electron chi connectivity index (χ1n) is 10.2. The van der Waals surface area contributed by atoms with Crippen LogP contribution in [0.5, 0.6) is 0 Å². The molecule has 1 aromatic carbocycles. The summed E-state index contributed by atoms with van der Waals surface area (Å²) in [6.07, 6.45) is 3.28. The number of carbonyl (C=O) groups excluding carboxylic acids is 1. The zero-order valence-corrected chi connectivity index (χ0v) is 16.7. The van der Waals surface area contributed by atoms with Crippen molar-refractivity contribution in [3.63, 3.8) is 0 Å². The summed E-state index contributed by atoms with van der Waals surface area (Å²) in [7, 11) is 0. The average Bonchev–Trinajstić information content (AvgIpc) is 2.80. The van der Waals surface area contributed by atoms with E-state index in [0.29, 0.717) is 12.2 Å². The monoisotopic (exact) mass is 396 g/mol. The van der Waals surface area contributed by atoms with Crippen molar-refractivity contribution in [1.29, 1.82) is 0 Å². The standard InChI is InChI=1S/C21H28N6O2/c28-21(22-6-7-25-12-14-29-15-13-25)19-16-24-20(17-23-19)27-10-8-26(9-11-27)18-4-2-1-3-5-18/h1-5,16-17H,6-15H2,(H,22,28). The first-order chi connectivity index (χ1) is 14.3. The molecule has 0 unspecified atom stereocenters. The van der Waals surface area contributed by atoms with Crippen LogP contribution in [0.2, 0.25) is 0 Å². The van der Waals surface area contributed by atoms with Crippen LogP contribution in [0.15, 0.2) is 42.7 Å². The summed E-state index contributed by atoms with van der Waals surface area (Å²) in [5.74, 6) is 0.647. The number of anilines is 2. The molecular formula is C21H28N6O2. The highest BCUT2D eigenvalue weighted by molar-refractivity contribution is 5.92. The van der Waals surface area contributed by atoms with Crippen molar-refractivity contribution < 1.29 is 9.53 Å². The molecule has 0 bridgehead atoms. The number of aromatic nitrogens is 2. The van der Waals surface area contributed by atoms with Crippen LogP contribution < -0.4 is 15.1 Å². The van der Waals surface area contributed by atoms with Gasteiger partial charge in [0.1, 0.15) is 11.5 Å². The average molecular weight is 396 g/mol. The summed E-state index contributed by atoms with van der Waals surface area (Å²) in [5.41, 5.74) is 1.61. The number of hydrogen-bond acceptors (Lipinski definition) is 7. The molecule has 8 nitrogen and oxygen atoms in total. The lowest BCUT2D eigenvalue weighted by Gasteiger charge is -2.36. The molecule has 0 spiro atoms. The minimum Gasteiger partial charge on any atom is -0.379 e. The number of rotatable bonds is 6. The third kappa shape index (κ3) is 5.21. The van der Waals surface area contributed by atoms with Gasteiger partial charge in [-0.25, -0.2) is 9.97 Å². The number of hydrogen-bond donors (Lipinski definition) is 1. The van der Waals surface area contributed by atoms with Crippen molar-refractivity contribution in [3.8, 4) is 0 Å². The highest BCUT2D eigenvalue weighted by atomic mass is 16.5. The van der Waals surface area contributed by atoms with Crippen molar-refractivity contribution >= 4 is 17.4 Å². The van der Waals surface area contributed by atoms with Crippen molar-refractivity contribution in [3.05, 3.63) is 48.4 Å². The molecular weight excluding hydrogens is 368 g/mol. The Kier molecular flexibility index (Phi) is 6.53. The molecule has 29 heavy (non-hydrogen) atoms. The third-order valence-corrected chi connectivity index (χ3v) is 5.41. The molecule has 0 aliphatic carbocycles. The fourth-order valence-corrected chi connectivity index (χ4v) is 3.68. The van der Waals surface area contributed by atoms with Gasteiger partial charge < -0.3 is 19.9 Å². The molecule has 0 saturated carbocycles. The number of ether oxygens (including phenoxy) is 1. The molecule has 0 atom stereocenters. The van der Waals surface area contributed by atoms with E-state index in [0.717, 1.165) is 64.8 Å². The fraction of sp³-hybridized carbons (Fsp3) is 0.476. The fourth-order valence-electron chi connectivity index (χ4n) is 3.68. The highest BCUT2D eigenvalue weighted by Gasteiger charge is 2.19. The zero-order valence-electron chi connectivity index (χ0n) is 16.7. The maximum atomic E-state index is 12.3. The van der Waals surface area contributed by atoms with Crippen LogP contribution in [0.3, 0.4) is 0 Å². The van der Waals surface area contributed by atoms with Crippen LogP contribution in [0.4, 0.5) is 11.5 Å². The molecule has 154 valence electrons. The Morgan fingerprint density at radius 1 is 0.931 bits per heavy atom. The van der Waals surface area contributed by atoms with E-state index in [2.05, 4.69) is 54.2 Å². The van der Waals surface area contributed by atoms with E-state index in [1.807, 2.05) is 6.07 Å². The van der Waals surface area contributed by atoms with Crippen molar-refractivity contribution in [2.75, 3.05) is 75.4 Å². The van der Waals surface area contributed by atoms with Gasteiger partial charge in [0.05, 0.1) is 25.6 Å². The SMILES string of the molecule is O=C(NCCN1CCOCC1)c1cnc(N2CCN(c3ccccc3)CC2)cn1. The maximum absolute atomic E-state index is 12.3. The summed E-state index contributed by atoms with van der Waals surface area (Å²) < 4.78 is 5.33. The summed E-state index contributed by atoms with van der Waals surface area (Å²) in [5, 5.41) is 2.93. The van der Waals surface area contributed by atoms with Gasteiger partial charge in [-0.3, -0.25) is 9.69 Å². The van der Waals surface area contributed by atoms with Crippen LogP contribution >= 0.6 is 0 Å². The first kappa shape index (κ1) is 19.6. The topological polar surface area (TPSA) is 73.8 Å². The largest absolute Gasteiger partial charge is 0.379 e. The lowest BCUT2D eigenvalue weighted by atomic mass is 10.2. The molecule has 0 radical (unpaired) electrons. The predicted molar refractivity (Wildman–Crippen MR) is 112 cm³/mol. The van der Waals surface area contributed by atoms with E-state index >= 15 is 0 Å². The number of nitrogens with one attached hydrogen (secondary N) is 1. The second-order valence-corrected chi connectivity index (χ2v) is 7.28. The van der Waals surface area contributed by atoms with Crippen LogP contribution in [0.1, 0.15) is 10.5 Å². The van der Waals surface area contributed by atoms with Gasteiger partial charge in [-0.05, 0) is 12.1 Å². The Morgan fingerprint density at radius 2 is 1.66 bits per heavy atom. The van der Waals surface area contributed by atoms with Gasteiger partial charge in [-0.15, -0.1) is 0 Å². The number of carbonyl (C=O) groups is 1. The molecule has 1 amide bonds. The van der Waals surface area contributed by atoms with E-state index in [4.69, 9.17) is 4.74 Å². The normalized spacial score (nSPS) is 17.9. The van der Waals surface area contributed by atoms with E-state index in [1.54, 1.807) is 12.4 Å². The molecule has 4 rings (SSSR count). The highest BCUT2D eigenvalue weighted by Crippen LogP contribution is 2.18. The molecule has 2 fully saturated rings. The van der Waals surface area contributed by atoms with Gasteiger partial charge in [0, 0.05) is 58.0 Å². The lowest BCUT2D eigenvalue weighted by Crippen LogP contribution is -2.46. The third-order valence-electron chi connectivity index (χ3n) is 5.41. The Balaban J connectivity index is 1.24. The van der Waals surface area contributed by atoms with E-state index in [9.17, 15) is 4.79 Å². The minimum atomic E-state index is -0.175. The molecule has 8 heteroatoms. The Hall–Kier alpha value is -2.71. The quantitative estimate of drug-likeness (QED) is 0.777. The number of morpholine rings is 1. The van der Waals surface area contributed by atoms with E-state index < -0.39 is 0 Å². The molecule has 1 N–H and O–H groups in total. The molecule has 3 heterocycles. The summed E-state index contributed by atoms with van der Waals surface area (Å²) in [6, 6.07) is 10.5. The molecule has 2 saturated heterocycles. The van der Waals surface area contributed by atoms with Crippen LogP contribution in [-0.4, -0.2) is 86.3 Å². The summed E-state index contributed by atoms with van der Waals surface area (Å²) >= 11 is 0. The number of piperazine rings is 1. The van der Waals surface area contributed by atoms with Gasteiger partial charge in [0.15, 0.2) is 0 Å².